The normalized spacial score (nSPS) is 15.7. The van der Waals surface area contributed by atoms with E-state index in [-0.39, 0.29) is 0 Å². The topological polar surface area (TPSA) is 62.7 Å². The summed E-state index contributed by atoms with van der Waals surface area (Å²) in [6, 6.07) is 8.09. The Morgan fingerprint density at radius 2 is 1.82 bits per heavy atom. The Kier molecular flexibility index (Phi) is 4.63. The van der Waals surface area contributed by atoms with E-state index in [1.54, 1.807) is 0 Å². The van der Waals surface area contributed by atoms with Gasteiger partial charge in [-0.1, -0.05) is 6.07 Å². The van der Waals surface area contributed by atoms with Crippen LogP contribution in [0.5, 0.6) is 0 Å². The molecule has 2 N–H and O–H groups in total. The third-order valence-corrected chi connectivity index (χ3v) is 3.99. The van der Waals surface area contributed by atoms with E-state index in [1.807, 2.05) is 32.0 Å². The van der Waals surface area contributed by atoms with Gasteiger partial charge in [0.05, 0.1) is 0 Å². The molecule has 0 aliphatic carbocycles. The zero-order valence-corrected chi connectivity index (χ0v) is 13.3. The van der Waals surface area contributed by atoms with Gasteiger partial charge >= 0.3 is 0 Å². The molecule has 1 aliphatic heterocycles. The number of nitrogens with one attached hydrogen (secondary N) is 2. The summed E-state index contributed by atoms with van der Waals surface area (Å²) < 4.78 is 0. The molecule has 5 nitrogen and oxygen atoms in total. The van der Waals surface area contributed by atoms with Gasteiger partial charge in [0.2, 0.25) is 5.95 Å². The van der Waals surface area contributed by atoms with E-state index in [2.05, 4.69) is 26.7 Å². The monoisotopic (exact) mass is 297 g/mol. The Bertz CT molecular complexity index is 614. The van der Waals surface area contributed by atoms with E-state index >= 15 is 0 Å². The summed E-state index contributed by atoms with van der Waals surface area (Å²) in [5, 5.41) is 6.62. The van der Waals surface area contributed by atoms with Crippen LogP contribution in [0.15, 0.2) is 24.3 Å². The highest BCUT2D eigenvalue weighted by molar-refractivity contribution is 5.48. The number of rotatable bonds is 4. The first kappa shape index (κ1) is 14.9. The van der Waals surface area contributed by atoms with Gasteiger partial charge < -0.3 is 10.6 Å². The van der Waals surface area contributed by atoms with Gasteiger partial charge in [-0.3, -0.25) is 0 Å². The third kappa shape index (κ3) is 4.01. The molecule has 1 aliphatic rings. The fourth-order valence-electron chi connectivity index (χ4n) is 2.94. The molecule has 0 aromatic carbocycles. The molecular weight excluding hydrogens is 274 g/mol. The van der Waals surface area contributed by atoms with Crippen LogP contribution in [0.4, 0.5) is 11.8 Å². The van der Waals surface area contributed by atoms with E-state index in [9.17, 15) is 0 Å². The Balaban J connectivity index is 1.70. The first-order chi connectivity index (χ1) is 10.7. The minimum Gasteiger partial charge on any atom is -0.317 e. The van der Waals surface area contributed by atoms with Crippen molar-refractivity contribution in [2.45, 2.75) is 33.1 Å². The lowest BCUT2D eigenvalue weighted by Crippen LogP contribution is -2.28. The largest absolute Gasteiger partial charge is 0.317 e. The number of anilines is 2. The predicted octanol–water partition coefficient (Wildman–Crippen LogP) is 2.77. The zero-order valence-electron chi connectivity index (χ0n) is 13.3. The molecule has 0 atom stereocenters. The maximum Gasteiger partial charge on any atom is 0.228 e. The fraction of sp³-hybridized carbons (Fsp3) is 0.471. The number of hydrogen-bond donors (Lipinski definition) is 2. The third-order valence-electron chi connectivity index (χ3n) is 3.99. The highest BCUT2D eigenvalue weighted by Gasteiger charge is 2.14. The molecule has 1 saturated heterocycles. The molecule has 0 spiro atoms. The Morgan fingerprint density at radius 1 is 1.09 bits per heavy atom. The zero-order chi connectivity index (χ0) is 15.4. The molecule has 116 valence electrons. The van der Waals surface area contributed by atoms with Gasteiger partial charge in [-0.2, -0.15) is 0 Å². The van der Waals surface area contributed by atoms with Crippen LogP contribution in [0.1, 0.15) is 29.9 Å². The van der Waals surface area contributed by atoms with E-state index in [4.69, 9.17) is 4.98 Å². The minimum atomic E-state index is 0.615. The highest BCUT2D eigenvalue weighted by Crippen LogP contribution is 2.19. The number of hydrogen-bond acceptors (Lipinski definition) is 5. The second-order valence-corrected chi connectivity index (χ2v) is 6.01. The van der Waals surface area contributed by atoms with Gasteiger partial charge in [-0.15, -0.1) is 0 Å². The van der Waals surface area contributed by atoms with Crippen LogP contribution < -0.4 is 10.6 Å². The lowest BCUT2D eigenvalue weighted by Gasteiger charge is -2.22. The molecule has 0 amide bonds. The summed E-state index contributed by atoms with van der Waals surface area (Å²) in [4.78, 5) is 13.5. The molecule has 0 radical (unpaired) electrons. The van der Waals surface area contributed by atoms with Crippen molar-refractivity contribution >= 4 is 11.8 Å². The standard InChI is InChI=1S/C17H23N5/c1-12-10-13(2)20-17(19-12)22-16-5-3-4-15(21-16)11-14-6-8-18-9-7-14/h3-5,10,14,18H,6-9,11H2,1-2H3,(H,19,20,21,22). The van der Waals surface area contributed by atoms with Crippen LogP contribution in [-0.4, -0.2) is 28.0 Å². The number of pyridine rings is 1. The van der Waals surface area contributed by atoms with Crippen LogP contribution in [0.25, 0.3) is 0 Å². The summed E-state index contributed by atoms with van der Waals surface area (Å²) in [5.74, 6) is 2.17. The van der Waals surface area contributed by atoms with Crippen molar-refractivity contribution in [1.82, 2.24) is 20.3 Å². The summed E-state index contributed by atoms with van der Waals surface area (Å²) >= 11 is 0. The molecule has 2 aromatic rings. The van der Waals surface area contributed by atoms with Gasteiger partial charge in [0, 0.05) is 17.1 Å². The number of aryl methyl sites for hydroxylation is 2. The lowest BCUT2D eigenvalue weighted by atomic mass is 9.93. The van der Waals surface area contributed by atoms with Crippen LogP contribution in [-0.2, 0) is 6.42 Å². The molecular formula is C17H23N5. The van der Waals surface area contributed by atoms with Crippen LogP contribution in [0, 0.1) is 19.8 Å². The first-order valence-corrected chi connectivity index (χ1v) is 7.95. The second kappa shape index (κ2) is 6.83. The molecule has 2 aromatic heterocycles. The predicted molar refractivity (Wildman–Crippen MR) is 88.3 cm³/mol. The van der Waals surface area contributed by atoms with E-state index in [0.717, 1.165) is 48.3 Å². The van der Waals surface area contributed by atoms with Crippen molar-refractivity contribution in [3.05, 3.63) is 41.3 Å². The Morgan fingerprint density at radius 3 is 2.55 bits per heavy atom. The molecule has 1 fully saturated rings. The molecule has 0 bridgehead atoms. The quantitative estimate of drug-likeness (QED) is 0.908. The number of nitrogens with zero attached hydrogens (tertiary/aromatic N) is 3. The summed E-state index contributed by atoms with van der Waals surface area (Å²) in [6.45, 7) is 6.19. The Labute approximate surface area is 131 Å². The molecule has 5 heteroatoms. The van der Waals surface area contributed by atoms with Crippen molar-refractivity contribution in [2.75, 3.05) is 18.4 Å². The van der Waals surface area contributed by atoms with Gasteiger partial charge in [-0.25, -0.2) is 15.0 Å². The van der Waals surface area contributed by atoms with Crippen LogP contribution >= 0.6 is 0 Å². The lowest BCUT2D eigenvalue weighted by molar-refractivity contribution is 0.370. The number of piperidine rings is 1. The van der Waals surface area contributed by atoms with Crippen molar-refractivity contribution in [1.29, 1.82) is 0 Å². The first-order valence-electron chi connectivity index (χ1n) is 7.95. The van der Waals surface area contributed by atoms with Gasteiger partial charge in [0.15, 0.2) is 0 Å². The maximum absolute atomic E-state index is 4.71. The molecule has 3 rings (SSSR count). The van der Waals surface area contributed by atoms with Crippen LogP contribution in [0.3, 0.4) is 0 Å². The SMILES string of the molecule is Cc1cc(C)nc(Nc2cccc(CC3CCNCC3)n2)n1. The van der Waals surface area contributed by atoms with Gasteiger partial charge in [0.25, 0.3) is 0 Å². The molecule has 3 heterocycles. The summed E-state index contributed by atoms with van der Waals surface area (Å²) in [7, 11) is 0. The van der Waals surface area contributed by atoms with Crippen LogP contribution in [0.2, 0.25) is 0 Å². The van der Waals surface area contributed by atoms with E-state index < -0.39 is 0 Å². The average molecular weight is 297 g/mol. The molecule has 0 saturated carbocycles. The van der Waals surface area contributed by atoms with Gasteiger partial charge in [0.1, 0.15) is 5.82 Å². The molecule has 22 heavy (non-hydrogen) atoms. The molecule has 0 unspecified atom stereocenters. The van der Waals surface area contributed by atoms with Crippen molar-refractivity contribution in [2.24, 2.45) is 5.92 Å². The average Bonchev–Trinajstić information content (AvgIpc) is 2.47. The van der Waals surface area contributed by atoms with E-state index in [1.165, 1.54) is 12.8 Å². The highest BCUT2D eigenvalue weighted by atomic mass is 15.1. The summed E-state index contributed by atoms with van der Waals surface area (Å²) in [6.07, 6.45) is 3.52. The minimum absolute atomic E-state index is 0.615. The van der Waals surface area contributed by atoms with E-state index in [0.29, 0.717) is 5.95 Å². The maximum atomic E-state index is 4.71. The van der Waals surface area contributed by atoms with Crippen molar-refractivity contribution in [3.63, 3.8) is 0 Å². The Hall–Kier alpha value is -2.01. The van der Waals surface area contributed by atoms with Gasteiger partial charge in [-0.05, 0) is 70.3 Å². The van der Waals surface area contributed by atoms with Crippen molar-refractivity contribution in [3.8, 4) is 0 Å². The fourth-order valence-corrected chi connectivity index (χ4v) is 2.94. The summed E-state index contributed by atoms with van der Waals surface area (Å²) in [5.41, 5.74) is 3.06. The number of aromatic nitrogens is 3. The van der Waals surface area contributed by atoms with Crippen molar-refractivity contribution < 1.29 is 0 Å². The smallest absolute Gasteiger partial charge is 0.228 e. The second-order valence-electron chi connectivity index (χ2n) is 6.01.